The zero-order chi connectivity index (χ0) is 20.7. The summed E-state index contributed by atoms with van der Waals surface area (Å²) in [7, 11) is -3.71. The van der Waals surface area contributed by atoms with Crippen molar-refractivity contribution in [1.29, 1.82) is 0 Å². The van der Waals surface area contributed by atoms with Gasteiger partial charge in [0.05, 0.1) is 24.2 Å². The van der Waals surface area contributed by atoms with Gasteiger partial charge in [-0.3, -0.25) is 9.59 Å². The maximum absolute atomic E-state index is 12.6. The Hall–Kier alpha value is -1.75. The molecule has 0 bridgehead atoms. The zero-order valence-corrected chi connectivity index (χ0v) is 17.4. The third-order valence-corrected chi connectivity index (χ3v) is 6.52. The van der Waals surface area contributed by atoms with E-state index in [1.165, 1.54) is 16.6 Å². The van der Waals surface area contributed by atoms with Crippen molar-refractivity contribution in [2.24, 2.45) is 0 Å². The van der Waals surface area contributed by atoms with E-state index in [0.29, 0.717) is 32.9 Å². The van der Waals surface area contributed by atoms with Crippen LogP contribution in [0.2, 0.25) is 0 Å². The molecule has 2 heterocycles. The van der Waals surface area contributed by atoms with Crippen LogP contribution in [0.5, 0.6) is 0 Å². The molecule has 9 nitrogen and oxygen atoms in total. The minimum atomic E-state index is -3.71. The molecule has 1 aliphatic rings. The number of amides is 1. The third kappa shape index (κ3) is 5.87. The maximum atomic E-state index is 12.6. The van der Waals surface area contributed by atoms with E-state index in [1.807, 2.05) is 0 Å². The highest BCUT2D eigenvalue weighted by Gasteiger charge is 2.23. The van der Waals surface area contributed by atoms with E-state index in [1.54, 1.807) is 20.8 Å². The van der Waals surface area contributed by atoms with Gasteiger partial charge in [0, 0.05) is 38.0 Å². The molecule has 1 aromatic rings. The second kappa shape index (κ2) is 10.1. The molecule has 0 radical (unpaired) electrons. The quantitative estimate of drug-likeness (QED) is 0.585. The second-order valence-electron chi connectivity index (χ2n) is 6.71. The number of hydrogen-bond donors (Lipinski definition) is 1. The average molecular weight is 416 g/mol. The highest BCUT2D eigenvalue weighted by Crippen LogP contribution is 2.13. The van der Waals surface area contributed by atoms with Crippen molar-refractivity contribution in [1.82, 2.24) is 14.2 Å². The maximum Gasteiger partial charge on any atom is 0.251 e. The van der Waals surface area contributed by atoms with Crippen LogP contribution in [0.25, 0.3) is 0 Å². The molecule has 1 fully saturated rings. The summed E-state index contributed by atoms with van der Waals surface area (Å²) >= 11 is 0. The Morgan fingerprint density at radius 3 is 2.71 bits per heavy atom. The number of aromatic nitrogens is 1. The molecule has 0 saturated carbocycles. The fourth-order valence-corrected chi connectivity index (χ4v) is 4.42. The Balaban J connectivity index is 2.00. The molecule has 0 spiro atoms. The van der Waals surface area contributed by atoms with Gasteiger partial charge in [-0.2, -0.15) is 4.31 Å². The summed E-state index contributed by atoms with van der Waals surface area (Å²) in [6.45, 7) is 7.24. The van der Waals surface area contributed by atoms with Crippen LogP contribution in [0.4, 0.5) is 0 Å². The largest absolute Gasteiger partial charge is 0.379 e. The predicted octanol–water partition coefficient (Wildman–Crippen LogP) is 0.189. The molecule has 158 valence electrons. The molecule has 1 N–H and O–H groups in total. The normalized spacial score (nSPS) is 18.4. The summed E-state index contributed by atoms with van der Waals surface area (Å²) in [5.41, 5.74) is -0.444. The minimum absolute atomic E-state index is 0.0128. The van der Waals surface area contributed by atoms with Crippen molar-refractivity contribution in [3.8, 4) is 0 Å². The molecule has 0 unspecified atom stereocenters. The van der Waals surface area contributed by atoms with Crippen molar-refractivity contribution in [2.75, 3.05) is 32.9 Å². The molecule has 1 aliphatic heterocycles. The molecular formula is C18H29N3O6S. The lowest BCUT2D eigenvalue weighted by Gasteiger charge is -2.19. The van der Waals surface area contributed by atoms with Crippen molar-refractivity contribution in [3.63, 3.8) is 0 Å². The molecule has 1 amide bonds. The van der Waals surface area contributed by atoms with Gasteiger partial charge in [0.2, 0.25) is 15.9 Å². The van der Waals surface area contributed by atoms with Gasteiger partial charge < -0.3 is 19.4 Å². The Morgan fingerprint density at radius 1 is 1.39 bits per heavy atom. The molecule has 2 atom stereocenters. The average Bonchev–Trinajstić information content (AvgIpc) is 3.16. The third-order valence-electron chi connectivity index (χ3n) is 4.49. The van der Waals surface area contributed by atoms with Crippen LogP contribution in [-0.2, 0) is 30.8 Å². The standard InChI is InChI=1S/C18H29N3O6S/c1-4-21(5-2)28(24,25)16-6-7-18(23)20(10-16)11-17(22)19-14(3)12-27-15-8-9-26-13-15/h6-7,10,14-15H,4-5,8-9,11-13H2,1-3H3,(H,19,22)/t14-,15-/m0/s1. The lowest BCUT2D eigenvalue weighted by Crippen LogP contribution is -2.40. The van der Waals surface area contributed by atoms with Gasteiger partial charge in [-0.15, -0.1) is 0 Å². The summed E-state index contributed by atoms with van der Waals surface area (Å²) in [4.78, 5) is 24.3. The number of carbonyl (C=O) groups excluding carboxylic acids is 1. The second-order valence-corrected chi connectivity index (χ2v) is 8.65. The first-order valence-corrected chi connectivity index (χ1v) is 10.9. The van der Waals surface area contributed by atoms with Gasteiger partial charge in [0.1, 0.15) is 6.54 Å². The molecule has 10 heteroatoms. The van der Waals surface area contributed by atoms with E-state index in [4.69, 9.17) is 9.47 Å². The van der Waals surface area contributed by atoms with Crippen molar-refractivity contribution in [3.05, 3.63) is 28.7 Å². The Labute approximate surface area is 165 Å². The fraction of sp³-hybridized carbons (Fsp3) is 0.667. The molecular weight excluding hydrogens is 386 g/mol. The molecule has 1 aromatic heterocycles. The van der Waals surface area contributed by atoms with Gasteiger partial charge in [-0.25, -0.2) is 8.42 Å². The van der Waals surface area contributed by atoms with E-state index in [9.17, 15) is 18.0 Å². The summed E-state index contributed by atoms with van der Waals surface area (Å²) < 4.78 is 38.5. The summed E-state index contributed by atoms with van der Waals surface area (Å²) in [6.07, 6.45) is 2.10. The van der Waals surface area contributed by atoms with E-state index in [-0.39, 0.29) is 23.6 Å². The van der Waals surface area contributed by atoms with E-state index in [2.05, 4.69) is 5.32 Å². The number of ether oxygens (including phenoxy) is 2. The molecule has 2 rings (SSSR count). The van der Waals surface area contributed by atoms with Crippen molar-refractivity contribution < 1.29 is 22.7 Å². The number of nitrogens with zero attached hydrogens (tertiary/aromatic N) is 2. The Bertz CT molecular complexity index is 813. The van der Waals surface area contributed by atoms with Crippen molar-refractivity contribution in [2.45, 2.75) is 50.8 Å². The van der Waals surface area contributed by atoms with Crippen LogP contribution in [0.15, 0.2) is 28.0 Å². The monoisotopic (exact) mass is 415 g/mol. The van der Waals surface area contributed by atoms with Gasteiger partial charge in [0.25, 0.3) is 5.56 Å². The molecule has 28 heavy (non-hydrogen) atoms. The highest BCUT2D eigenvalue weighted by atomic mass is 32.2. The number of hydrogen-bond acceptors (Lipinski definition) is 6. The first-order valence-electron chi connectivity index (χ1n) is 9.47. The first-order chi connectivity index (χ1) is 13.3. The first kappa shape index (κ1) is 22.5. The van der Waals surface area contributed by atoms with Gasteiger partial charge in [0.15, 0.2) is 0 Å². The topological polar surface area (TPSA) is 107 Å². The summed E-state index contributed by atoms with van der Waals surface area (Å²) in [6, 6.07) is 2.19. The number of sulfonamides is 1. The van der Waals surface area contributed by atoms with E-state index < -0.39 is 21.5 Å². The van der Waals surface area contributed by atoms with Crippen LogP contribution in [-0.4, -0.2) is 68.3 Å². The Kier molecular flexibility index (Phi) is 8.17. The Morgan fingerprint density at radius 2 is 2.11 bits per heavy atom. The highest BCUT2D eigenvalue weighted by molar-refractivity contribution is 7.89. The number of pyridine rings is 1. The molecule has 1 saturated heterocycles. The fourth-order valence-electron chi connectivity index (χ4n) is 2.94. The summed E-state index contributed by atoms with van der Waals surface area (Å²) in [5, 5.41) is 2.76. The van der Waals surface area contributed by atoms with E-state index in [0.717, 1.165) is 17.1 Å². The van der Waals surface area contributed by atoms with Gasteiger partial charge in [-0.1, -0.05) is 13.8 Å². The van der Waals surface area contributed by atoms with Crippen LogP contribution < -0.4 is 10.9 Å². The van der Waals surface area contributed by atoms with Crippen LogP contribution >= 0.6 is 0 Å². The van der Waals surface area contributed by atoms with Gasteiger partial charge >= 0.3 is 0 Å². The van der Waals surface area contributed by atoms with E-state index >= 15 is 0 Å². The molecule has 0 aromatic carbocycles. The molecule has 0 aliphatic carbocycles. The SMILES string of the molecule is CCN(CC)S(=O)(=O)c1ccc(=O)n(CC(=O)N[C@@H](C)CO[C@H]2CCOC2)c1. The van der Waals surface area contributed by atoms with Crippen LogP contribution in [0.3, 0.4) is 0 Å². The zero-order valence-electron chi connectivity index (χ0n) is 16.6. The minimum Gasteiger partial charge on any atom is -0.379 e. The predicted molar refractivity (Wildman–Crippen MR) is 104 cm³/mol. The number of rotatable bonds is 10. The van der Waals surface area contributed by atoms with Gasteiger partial charge in [-0.05, 0) is 19.4 Å². The van der Waals surface area contributed by atoms with Crippen molar-refractivity contribution >= 4 is 15.9 Å². The van der Waals surface area contributed by atoms with Crippen LogP contribution in [0.1, 0.15) is 27.2 Å². The number of nitrogens with one attached hydrogen (secondary N) is 1. The lowest BCUT2D eigenvalue weighted by atomic mass is 10.3. The smallest absolute Gasteiger partial charge is 0.251 e. The van der Waals surface area contributed by atoms with Crippen LogP contribution in [0, 0.1) is 0 Å². The lowest BCUT2D eigenvalue weighted by molar-refractivity contribution is -0.123. The number of carbonyl (C=O) groups is 1. The summed E-state index contributed by atoms with van der Waals surface area (Å²) in [5.74, 6) is -0.391.